The number of halogens is 1. The van der Waals surface area contributed by atoms with Crippen LogP contribution in [0.1, 0.15) is 21.5 Å². The van der Waals surface area contributed by atoms with E-state index in [0.29, 0.717) is 23.7 Å². The monoisotopic (exact) mass is 417 g/mol. The lowest BCUT2D eigenvalue weighted by Crippen LogP contribution is -2.12. The molecule has 1 amide bonds. The number of carbonyl (C=O) groups excluding carboxylic acids is 1. The zero-order valence-corrected chi connectivity index (χ0v) is 16.9. The predicted octanol–water partition coefficient (Wildman–Crippen LogP) is 5.42. The van der Waals surface area contributed by atoms with Crippen molar-refractivity contribution in [3.8, 4) is 5.75 Å². The average Bonchev–Trinajstić information content (AvgIpc) is 3.28. The Kier molecular flexibility index (Phi) is 6.11. The Morgan fingerprint density at radius 1 is 0.967 bits per heavy atom. The molecule has 6 heteroatoms. The van der Waals surface area contributed by atoms with Crippen LogP contribution in [0, 0.1) is 0 Å². The lowest BCUT2D eigenvalue weighted by molar-refractivity contribution is 0.102. The normalized spacial score (nSPS) is 10.6. The van der Waals surface area contributed by atoms with Gasteiger partial charge >= 0.3 is 0 Å². The summed E-state index contributed by atoms with van der Waals surface area (Å²) in [5, 5.41) is 7.80. The minimum atomic E-state index is -0.164. The summed E-state index contributed by atoms with van der Waals surface area (Å²) in [5.41, 5.74) is 3.34. The van der Waals surface area contributed by atoms with Gasteiger partial charge in [-0.2, -0.15) is 5.10 Å². The maximum atomic E-state index is 12.6. The van der Waals surface area contributed by atoms with Gasteiger partial charge in [-0.3, -0.25) is 9.48 Å². The Bertz CT molecular complexity index is 1110. The van der Waals surface area contributed by atoms with E-state index in [0.717, 1.165) is 22.6 Å². The Morgan fingerprint density at radius 3 is 2.50 bits per heavy atom. The molecule has 1 heterocycles. The zero-order chi connectivity index (χ0) is 20.8. The van der Waals surface area contributed by atoms with Gasteiger partial charge in [0.1, 0.15) is 12.4 Å². The molecular weight excluding hydrogens is 398 g/mol. The molecule has 150 valence electrons. The maximum absolute atomic E-state index is 12.6. The van der Waals surface area contributed by atoms with Crippen LogP contribution in [-0.2, 0) is 13.2 Å². The Balaban J connectivity index is 1.36. The third kappa shape index (κ3) is 5.27. The van der Waals surface area contributed by atoms with Crippen molar-refractivity contribution in [1.82, 2.24) is 9.78 Å². The molecule has 0 aliphatic carbocycles. The van der Waals surface area contributed by atoms with Crippen LogP contribution in [0.15, 0.2) is 91.3 Å². The zero-order valence-electron chi connectivity index (χ0n) is 16.2. The summed E-state index contributed by atoms with van der Waals surface area (Å²) in [5.74, 6) is 0.563. The van der Waals surface area contributed by atoms with Crippen LogP contribution in [0.25, 0.3) is 0 Å². The van der Waals surface area contributed by atoms with Crippen molar-refractivity contribution in [3.05, 3.63) is 113 Å². The quantitative estimate of drug-likeness (QED) is 0.437. The van der Waals surface area contributed by atoms with Gasteiger partial charge in [0, 0.05) is 28.7 Å². The third-order valence-corrected chi connectivity index (χ3v) is 4.78. The fourth-order valence-corrected chi connectivity index (χ4v) is 3.10. The average molecular weight is 418 g/mol. The molecule has 30 heavy (non-hydrogen) atoms. The maximum Gasteiger partial charge on any atom is 0.255 e. The smallest absolute Gasteiger partial charge is 0.255 e. The van der Waals surface area contributed by atoms with Gasteiger partial charge in [0.25, 0.3) is 5.91 Å². The van der Waals surface area contributed by atoms with Gasteiger partial charge in [0.15, 0.2) is 0 Å². The van der Waals surface area contributed by atoms with Crippen LogP contribution in [-0.4, -0.2) is 15.7 Å². The van der Waals surface area contributed by atoms with Gasteiger partial charge in [-0.05, 0) is 65.7 Å². The van der Waals surface area contributed by atoms with Gasteiger partial charge in [0.05, 0.1) is 6.54 Å². The fourth-order valence-electron chi connectivity index (χ4n) is 2.98. The third-order valence-electron chi connectivity index (χ3n) is 4.52. The minimum absolute atomic E-state index is 0.164. The van der Waals surface area contributed by atoms with Crippen LogP contribution in [0.3, 0.4) is 0 Å². The highest BCUT2D eigenvalue weighted by molar-refractivity contribution is 6.30. The molecule has 0 unspecified atom stereocenters. The second-order valence-corrected chi connectivity index (χ2v) is 7.23. The first kappa shape index (κ1) is 19.7. The van der Waals surface area contributed by atoms with Crippen molar-refractivity contribution in [3.63, 3.8) is 0 Å². The molecule has 0 aliphatic heterocycles. The van der Waals surface area contributed by atoms with Crippen molar-refractivity contribution >= 4 is 23.2 Å². The highest BCUT2D eigenvalue weighted by Gasteiger charge is 2.08. The first-order valence-electron chi connectivity index (χ1n) is 9.51. The molecule has 4 rings (SSSR count). The van der Waals surface area contributed by atoms with E-state index in [-0.39, 0.29) is 5.91 Å². The summed E-state index contributed by atoms with van der Waals surface area (Å²) in [6, 6.07) is 24.2. The van der Waals surface area contributed by atoms with Gasteiger partial charge in [0.2, 0.25) is 0 Å². The number of rotatable bonds is 7. The molecule has 4 aromatic rings. The van der Waals surface area contributed by atoms with Gasteiger partial charge in [-0.25, -0.2) is 0 Å². The van der Waals surface area contributed by atoms with Crippen molar-refractivity contribution < 1.29 is 9.53 Å². The number of carbonyl (C=O) groups is 1. The second-order valence-electron chi connectivity index (χ2n) is 6.80. The highest BCUT2D eigenvalue weighted by Crippen LogP contribution is 2.18. The molecule has 1 aromatic heterocycles. The number of hydrogen-bond acceptors (Lipinski definition) is 3. The van der Waals surface area contributed by atoms with Crippen molar-refractivity contribution in [2.24, 2.45) is 0 Å². The van der Waals surface area contributed by atoms with Crippen molar-refractivity contribution in [1.29, 1.82) is 0 Å². The summed E-state index contributed by atoms with van der Waals surface area (Å²) in [7, 11) is 0. The molecule has 0 saturated carbocycles. The van der Waals surface area contributed by atoms with E-state index < -0.39 is 0 Å². The molecule has 0 aliphatic rings. The largest absolute Gasteiger partial charge is 0.489 e. The summed E-state index contributed by atoms with van der Waals surface area (Å²) >= 11 is 5.89. The number of anilines is 1. The number of ether oxygens (including phenoxy) is 1. The molecule has 0 bridgehead atoms. The Hall–Kier alpha value is -3.57. The van der Waals surface area contributed by atoms with Crippen LogP contribution >= 0.6 is 11.6 Å². The summed E-state index contributed by atoms with van der Waals surface area (Å²) in [6.45, 7) is 1.06. The van der Waals surface area contributed by atoms with E-state index in [9.17, 15) is 4.79 Å². The summed E-state index contributed by atoms with van der Waals surface area (Å²) in [6.07, 6.45) is 3.67. The molecule has 0 radical (unpaired) electrons. The van der Waals surface area contributed by atoms with E-state index in [1.807, 2.05) is 71.5 Å². The molecule has 5 nitrogen and oxygen atoms in total. The number of nitrogens with zero attached hydrogens (tertiary/aromatic N) is 2. The first-order chi connectivity index (χ1) is 14.7. The van der Waals surface area contributed by atoms with Crippen LogP contribution in [0.2, 0.25) is 5.02 Å². The number of hydrogen-bond donors (Lipinski definition) is 1. The first-order valence-corrected chi connectivity index (χ1v) is 9.88. The Labute approximate surface area is 179 Å². The van der Waals surface area contributed by atoms with Gasteiger partial charge in [-0.15, -0.1) is 0 Å². The minimum Gasteiger partial charge on any atom is -0.489 e. The van der Waals surface area contributed by atoms with E-state index >= 15 is 0 Å². The van der Waals surface area contributed by atoms with Crippen LogP contribution in [0.5, 0.6) is 5.75 Å². The second kappa shape index (κ2) is 9.29. The number of aromatic nitrogens is 2. The topological polar surface area (TPSA) is 56.2 Å². The fraction of sp³-hybridized carbons (Fsp3) is 0.0833. The van der Waals surface area contributed by atoms with E-state index in [4.69, 9.17) is 16.3 Å². The van der Waals surface area contributed by atoms with E-state index in [2.05, 4.69) is 10.4 Å². The van der Waals surface area contributed by atoms with Crippen LogP contribution < -0.4 is 10.1 Å². The molecule has 3 aromatic carbocycles. The summed E-state index contributed by atoms with van der Waals surface area (Å²) < 4.78 is 7.61. The lowest BCUT2D eigenvalue weighted by atomic mass is 10.1. The molecule has 1 N–H and O–H groups in total. The highest BCUT2D eigenvalue weighted by atomic mass is 35.5. The van der Waals surface area contributed by atoms with Gasteiger partial charge < -0.3 is 10.1 Å². The van der Waals surface area contributed by atoms with E-state index in [1.165, 1.54) is 0 Å². The molecule has 0 fully saturated rings. The van der Waals surface area contributed by atoms with Crippen molar-refractivity contribution in [2.45, 2.75) is 13.2 Å². The van der Waals surface area contributed by atoms with Gasteiger partial charge in [-0.1, -0.05) is 35.9 Å². The summed E-state index contributed by atoms with van der Waals surface area (Å²) in [4.78, 5) is 12.6. The number of nitrogens with one attached hydrogen (secondary N) is 1. The molecule has 0 atom stereocenters. The number of benzene rings is 3. The Morgan fingerprint density at radius 2 is 1.77 bits per heavy atom. The number of amides is 1. The van der Waals surface area contributed by atoms with Crippen LogP contribution in [0.4, 0.5) is 5.69 Å². The molecule has 0 saturated heterocycles. The molecule has 0 spiro atoms. The molecular formula is C24H20ClN3O2. The van der Waals surface area contributed by atoms with E-state index in [1.54, 1.807) is 24.4 Å². The van der Waals surface area contributed by atoms with Crippen molar-refractivity contribution in [2.75, 3.05) is 5.32 Å². The lowest BCUT2D eigenvalue weighted by Gasteiger charge is -2.09. The SMILES string of the molecule is O=C(Nc1ccc(Cn2cccn2)cc1)c1cccc(COc2ccc(Cl)cc2)c1. The standard InChI is InChI=1S/C24H20ClN3O2/c25-21-7-11-23(12-8-21)30-17-19-3-1-4-20(15-19)24(29)27-22-9-5-18(6-10-22)16-28-14-2-13-26-28/h1-15H,16-17H2,(H,27,29). The predicted molar refractivity (Wildman–Crippen MR) is 118 cm³/mol.